The van der Waals surface area contributed by atoms with E-state index in [1.54, 1.807) is 0 Å². The van der Waals surface area contributed by atoms with Crippen molar-refractivity contribution in [3.63, 3.8) is 0 Å². The Morgan fingerprint density at radius 1 is 0.955 bits per heavy atom. The molecule has 0 aliphatic heterocycles. The molecule has 2 aromatic carbocycles. The second kappa shape index (κ2) is 6.20. The lowest BCUT2D eigenvalue weighted by Gasteiger charge is -2.08. The summed E-state index contributed by atoms with van der Waals surface area (Å²) in [4.78, 5) is 4.53. The minimum Gasteiger partial charge on any atom is -0.318 e. The molecule has 1 heterocycles. The number of hydrogen-bond donors (Lipinski definition) is 0. The van der Waals surface area contributed by atoms with E-state index in [0.29, 0.717) is 0 Å². The average Bonchev–Trinajstić information content (AvgIpc) is 2.82. The van der Waals surface area contributed by atoms with Gasteiger partial charge in [0.25, 0.3) is 0 Å². The van der Waals surface area contributed by atoms with Crippen LogP contribution in [0.1, 0.15) is 17.0 Å². The molecule has 1 aromatic heterocycles. The van der Waals surface area contributed by atoms with E-state index in [1.807, 2.05) is 36.5 Å². The van der Waals surface area contributed by atoms with Crippen molar-refractivity contribution in [2.75, 3.05) is 0 Å². The maximum Gasteiger partial charge on any atom is 0.0630 e. The van der Waals surface area contributed by atoms with E-state index >= 15 is 0 Å². The Bertz CT molecular complexity index is 799. The van der Waals surface area contributed by atoms with Crippen molar-refractivity contribution in [1.29, 1.82) is 0 Å². The summed E-state index contributed by atoms with van der Waals surface area (Å²) in [6, 6.07) is 20.0. The van der Waals surface area contributed by atoms with Crippen LogP contribution < -0.4 is 0 Å². The molecule has 3 rings (SSSR count). The van der Waals surface area contributed by atoms with E-state index in [4.69, 9.17) is 11.6 Å². The van der Waals surface area contributed by atoms with Crippen LogP contribution in [0.5, 0.6) is 0 Å². The van der Waals surface area contributed by atoms with Crippen molar-refractivity contribution >= 4 is 23.5 Å². The molecule has 3 aromatic rings. The van der Waals surface area contributed by atoms with Gasteiger partial charge in [0.15, 0.2) is 0 Å². The maximum absolute atomic E-state index is 5.89. The van der Waals surface area contributed by atoms with Gasteiger partial charge in [-0.1, -0.05) is 29.8 Å². The van der Waals surface area contributed by atoms with Gasteiger partial charge in [-0.3, -0.25) is 4.99 Å². The first-order valence-corrected chi connectivity index (χ1v) is 7.57. The monoisotopic (exact) mass is 308 g/mol. The fourth-order valence-corrected chi connectivity index (χ4v) is 2.69. The molecule has 110 valence electrons. The Hall–Kier alpha value is -2.32. The van der Waals surface area contributed by atoms with Crippen LogP contribution in [0.3, 0.4) is 0 Å². The van der Waals surface area contributed by atoms with Gasteiger partial charge in [0, 0.05) is 33.9 Å². The average molecular weight is 309 g/mol. The highest BCUT2D eigenvalue weighted by atomic mass is 35.5. The van der Waals surface area contributed by atoms with Gasteiger partial charge in [-0.2, -0.15) is 0 Å². The van der Waals surface area contributed by atoms with Crippen LogP contribution in [-0.2, 0) is 0 Å². The second-order valence-electron chi connectivity index (χ2n) is 5.23. The molecule has 2 nitrogen and oxygen atoms in total. The van der Waals surface area contributed by atoms with Gasteiger partial charge < -0.3 is 4.57 Å². The number of aryl methyl sites for hydroxylation is 1. The summed E-state index contributed by atoms with van der Waals surface area (Å²) in [5.74, 6) is 0. The first kappa shape index (κ1) is 14.6. The molecule has 0 bridgehead atoms. The van der Waals surface area contributed by atoms with Crippen molar-refractivity contribution in [2.24, 2.45) is 4.99 Å². The van der Waals surface area contributed by atoms with Gasteiger partial charge in [-0.25, -0.2) is 0 Å². The van der Waals surface area contributed by atoms with Crippen molar-refractivity contribution < 1.29 is 0 Å². The molecule has 3 heteroatoms. The Labute approximate surface area is 135 Å². The SMILES string of the molecule is Cc1cc(C=Nc2ccc(Cl)cc2)c(C)n1-c1ccccc1. The first-order valence-electron chi connectivity index (χ1n) is 7.19. The second-order valence-corrected chi connectivity index (χ2v) is 5.67. The zero-order valence-corrected chi connectivity index (χ0v) is 13.4. The van der Waals surface area contributed by atoms with E-state index in [-0.39, 0.29) is 0 Å². The van der Waals surface area contributed by atoms with Gasteiger partial charge in [0.1, 0.15) is 0 Å². The fourth-order valence-electron chi connectivity index (χ4n) is 2.56. The molecule has 0 saturated heterocycles. The molecule has 0 atom stereocenters. The van der Waals surface area contributed by atoms with Crippen molar-refractivity contribution in [3.05, 3.63) is 82.6 Å². The van der Waals surface area contributed by atoms with E-state index in [2.05, 4.69) is 53.7 Å². The topological polar surface area (TPSA) is 17.3 Å². The highest BCUT2D eigenvalue weighted by Gasteiger charge is 2.08. The molecule has 0 radical (unpaired) electrons. The van der Waals surface area contributed by atoms with Crippen LogP contribution in [0, 0.1) is 13.8 Å². The predicted molar refractivity (Wildman–Crippen MR) is 93.9 cm³/mol. The van der Waals surface area contributed by atoms with E-state index in [0.717, 1.165) is 16.3 Å². The Morgan fingerprint density at radius 2 is 1.64 bits per heavy atom. The minimum atomic E-state index is 0.723. The van der Waals surface area contributed by atoms with Crippen LogP contribution in [-0.4, -0.2) is 10.8 Å². The van der Waals surface area contributed by atoms with Gasteiger partial charge in [0.05, 0.1) is 5.69 Å². The van der Waals surface area contributed by atoms with Crippen LogP contribution in [0.2, 0.25) is 5.02 Å². The lowest BCUT2D eigenvalue weighted by atomic mass is 10.2. The highest BCUT2D eigenvalue weighted by Crippen LogP contribution is 2.21. The van der Waals surface area contributed by atoms with Gasteiger partial charge >= 0.3 is 0 Å². The lowest BCUT2D eigenvalue weighted by Crippen LogP contribution is -1.98. The third-order valence-corrected chi connectivity index (χ3v) is 3.92. The lowest BCUT2D eigenvalue weighted by molar-refractivity contribution is 0.965. The summed E-state index contributed by atoms with van der Waals surface area (Å²) in [6.07, 6.45) is 1.91. The maximum atomic E-state index is 5.89. The van der Waals surface area contributed by atoms with Gasteiger partial charge in [-0.05, 0) is 56.3 Å². The predicted octanol–water partition coefficient (Wildman–Crippen LogP) is 5.50. The number of aliphatic imine (C=N–C) groups is 1. The molecule has 0 aliphatic carbocycles. The highest BCUT2D eigenvalue weighted by molar-refractivity contribution is 6.30. The Balaban J connectivity index is 1.94. The third-order valence-electron chi connectivity index (χ3n) is 3.66. The number of para-hydroxylation sites is 1. The number of nitrogens with zero attached hydrogens (tertiary/aromatic N) is 2. The molecular formula is C19H17ClN2. The summed E-state index contributed by atoms with van der Waals surface area (Å²) in [5.41, 5.74) is 5.57. The summed E-state index contributed by atoms with van der Waals surface area (Å²) >= 11 is 5.89. The van der Waals surface area contributed by atoms with E-state index in [9.17, 15) is 0 Å². The van der Waals surface area contributed by atoms with Gasteiger partial charge in [0.2, 0.25) is 0 Å². The van der Waals surface area contributed by atoms with Crippen LogP contribution in [0.15, 0.2) is 65.7 Å². The largest absolute Gasteiger partial charge is 0.318 e. The number of rotatable bonds is 3. The van der Waals surface area contributed by atoms with Crippen LogP contribution >= 0.6 is 11.6 Å². The quantitative estimate of drug-likeness (QED) is 0.569. The number of hydrogen-bond acceptors (Lipinski definition) is 1. The molecule has 22 heavy (non-hydrogen) atoms. The van der Waals surface area contributed by atoms with E-state index < -0.39 is 0 Å². The Kier molecular flexibility index (Phi) is 4.12. The Morgan fingerprint density at radius 3 is 2.32 bits per heavy atom. The summed E-state index contributed by atoms with van der Waals surface area (Å²) in [7, 11) is 0. The minimum absolute atomic E-state index is 0.723. The van der Waals surface area contributed by atoms with Crippen LogP contribution in [0.4, 0.5) is 5.69 Å². The molecule has 0 saturated carbocycles. The van der Waals surface area contributed by atoms with Crippen LogP contribution in [0.25, 0.3) is 5.69 Å². The summed E-state index contributed by atoms with van der Waals surface area (Å²) in [5, 5.41) is 0.723. The van der Waals surface area contributed by atoms with E-state index in [1.165, 1.54) is 17.1 Å². The molecule has 0 unspecified atom stereocenters. The van der Waals surface area contributed by atoms with Crippen molar-refractivity contribution in [1.82, 2.24) is 4.57 Å². The van der Waals surface area contributed by atoms with Crippen molar-refractivity contribution in [3.8, 4) is 5.69 Å². The van der Waals surface area contributed by atoms with Gasteiger partial charge in [-0.15, -0.1) is 0 Å². The zero-order valence-electron chi connectivity index (χ0n) is 12.6. The molecule has 0 amide bonds. The normalized spacial score (nSPS) is 11.2. The third kappa shape index (κ3) is 2.97. The molecule has 0 N–H and O–H groups in total. The molecule has 0 fully saturated rings. The van der Waals surface area contributed by atoms with Crippen molar-refractivity contribution in [2.45, 2.75) is 13.8 Å². The summed E-state index contributed by atoms with van der Waals surface area (Å²) < 4.78 is 2.24. The zero-order chi connectivity index (χ0) is 15.5. The summed E-state index contributed by atoms with van der Waals surface area (Å²) in [6.45, 7) is 4.23. The fraction of sp³-hybridized carbons (Fsp3) is 0.105. The molecular weight excluding hydrogens is 292 g/mol. The first-order chi connectivity index (χ1) is 10.6. The standard InChI is InChI=1S/C19H17ClN2/c1-14-12-16(13-21-18-10-8-17(20)9-11-18)15(2)22(14)19-6-4-3-5-7-19/h3-13H,1-2H3. The smallest absolute Gasteiger partial charge is 0.0630 e. The number of aromatic nitrogens is 1. The molecule has 0 spiro atoms. The number of halogens is 1. The molecule has 0 aliphatic rings. The number of benzene rings is 2.